The Balaban J connectivity index is 1.80. The number of hydrogen-bond acceptors (Lipinski definition) is 7. The molecule has 0 aliphatic carbocycles. The number of primary amides is 1. The number of rotatable bonds is 7. The Hall–Kier alpha value is -3.63. The van der Waals surface area contributed by atoms with Crippen LogP contribution in [0.25, 0.3) is 22.0 Å². The van der Waals surface area contributed by atoms with Gasteiger partial charge in [-0.3, -0.25) is 14.8 Å². The molecule has 0 saturated heterocycles. The number of nitrogens with zero attached hydrogens (tertiary/aromatic N) is 3. The van der Waals surface area contributed by atoms with Gasteiger partial charge < -0.3 is 20.8 Å². The second-order valence-corrected chi connectivity index (χ2v) is 7.90. The van der Waals surface area contributed by atoms with Gasteiger partial charge in [0.15, 0.2) is 0 Å². The first-order valence-electron chi connectivity index (χ1n) is 10.3. The van der Waals surface area contributed by atoms with E-state index in [2.05, 4.69) is 20.7 Å². The summed E-state index contributed by atoms with van der Waals surface area (Å²) < 4.78 is 34.4. The van der Waals surface area contributed by atoms with Crippen LogP contribution in [0.3, 0.4) is 0 Å². The summed E-state index contributed by atoms with van der Waals surface area (Å²) in [4.78, 5) is 20.6. The molecule has 4 rings (SSSR count). The highest BCUT2D eigenvalue weighted by atomic mass is 19.1. The van der Waals surface area contributed by atoms with Crippen LogP contribution in [0.1, 0.15) is 23.0 Å². The molecule has 3 heterocycles. The number of hydrogen-bond donors (Lipinski definition) is 3. The fourth-order valence-corrected chi connectivity index (χ4v) is 3.84. The SMILES string of the molecule is COCc1ccc(-c2cc3c(NC(C)C4NN(C)C=C4F)c(C(N)=O)cnc3cc2F)cn1. The number of ether oxygens (including phenoxy) is 1. The molecule has 0 spiro atoms. The van der Waals surface area contributed by atoms with Crippen molar-refractivity contribution in [2.45, 2.75) is 25.6 Å². The van der Waals surface area contributed by atoms with Crippen LogP contribution in [0.2, 0.25) is 0 Å². The highest BCUT2D eigenvalue weighted by Gasteiger charge is 2.29. The Kier molecular flexibility index (Phi) is 6.21. The van der Waals surface area contributed by atoms with Crippen molar-refractivity contribution in [2.24, 2.45) is 5.73 Å². The smallest absolute Gasteiger partial charge is 0.252 e. The summed E-state index contributed by atoms with van der Waals surface area (Å²) in [5.41, 5.74) is 10.9. The van der Waals surface area contributed by atoms with Gasteiger partial charge in [-0.1, -0.05) is 6.07 Å². The zero-order valence-corrected chi connectivity index (χ0v) is 18.4. The Morgan fingerprint density at radius 3 is 2.70 bits per heavy atom. The molecule has 3 aromatic rings. The van der Waals surface area contributed by atoms with Gasteiger partial charge in [-0.15, -0.1) is 0 Å². The molecule has 2 unspecified atom stereocenters. The zero-order chi connectivity index (χ0) is 23.7. The van der Waals surface area contributed by atoms with Gasteiger partial charge in [-0.25, -0.2) is 14.2 Å². The molecule has 33 heavy (non-hydrogen) atoms. The van der Waals surface area contributed by atoms with Gasteiger partial charge in [0.2, 0.25) is 0 Å². The van der Waals surface area contributed by atoms with Crippen molar-refractivity contribution in [3.8, 4) is 11.1 Å². The van der Waals surface area contributed by atoms with Gasteiger partial charge >= 0.3 is 0 Å². The summed E-state index contributed by atoms with van der Waals surface area (Å²) in [7, 11) is 3.25. The molecule has 0 saturated carbocycles. The quantitative estimate of drug-likeness (QED) is 0.504. The molecule has 1 aliphatic rings. The van der Waals surface area contributed by atoms with Gasteiger partial charge in [0.25, 0.3) is 5.91 Å². The van der Waals surface area contributed by atoms with E-state index in [1.165, 1.54) is 23.5 Å². The van der Waals surface area contributed by atoms with Crippen LogP contribution in [0.5, 0.6) is 0 Å². The number of nitrogens with one attached hydrogen (secondary N) is 2. The van der Waals surface area contributed by atoms with Gasteiger partial charge in [-0.05, 0) is 19.1 Å². The number of methoxy groups -OCH3 is 1. The molecule has 8 nitrogen and oxygen atoms in total. The van der Waals surface area contributed by atoms with Crippen LogP contribution >= 0.6 is 0 Å². The molecular weight excluding hydrogens is 430 g/mol. The number of aromatic nitrogens is 2. The van der Waals surface area contributed by atoms with E-state index in [0.29, 0.717) is 34.5 Å². The summed E-state index contributed by atoms with van der Waals surface area (Å²) in [6.07, 6.45) is 4.19. The topological polar surface area (TPSA) is 105 Å². The van der Waals surface area contributed by atoms with Crippen molar-refractivity contribution < 1.29 is 18.3 Å². The molecule has 1 aromatic carbocycles. The van der Waals surface area contributed by atoms with E-state index < -0.39 is 23.8 Å². The number of anilines is 1. The van der Waals surface area contributed by atoms with E-state index in [1.807, 2.05) is 0 Å². The lowest BCUT2D eigenvalue weighted by atomic mass is 10.00. The lowest BCUT2D eigenvalue weighted by molar-refractivity contribution is 0.100. The number of halogens is 2. The zero-order valence-electron chi connectivity index (χ0n) is 18.4. The number of carbonyl (C=O) groups excluding carboxylic acids is 1. The van der Waals surface area contributed by atoms with E-state index in [-0.39, 0.29) is 17.0 Å². The van der Waals surface area contributed by atoms with Crippen molar-refractivity contribution in [1.82, 2.24) is 20.4 Å². The lowest BCUT2D eigenvalue weighted by Crippen LogP contribution is -2.44. The number of amides is 1. The highest BCUT2D eigenvalue weighted by molar-refractivity contribution is 6.07. The average Bonchev–Trinajstić information content (AvgIpc) is 3.12. The van der Waals surface area contributed by atoms with Crippen LogP contribution in [0.15, 0.2) is 48.7 Å². The monoisotopic (exact) mass is 454 g/mol. The van der Waals surface area contributed by atoms with E-state index >= 15 is 0 Å². The van der Waals surface area contributed by atoms with Crippen LogP contribution in [-0.4, -0.2) is 47.1 Å². The minimum absolute atomic E-state index is 0.121. The van der Waals surface area contributed by atoms with Gasteiger partial charge in [0.1, 0.15) is 11.6 Å². The number of benzene rings is 1. The molecule has 0 fully saturated rings. The molecule has 2 atom stereocenters. The predicted octanol–water partition coefficient (Wildman–Crippen LogP) is 3.11. The largest absolute Gasteiger partial charge is 0.379 e. The van der Waals surface area contributed by atoms with Crippen LogP contribution in [0.4, 0.5) is 14.5 Å². The van der Waals surface area contributed by atoms with Crippen molar-refractivity contribution in [1.29, 1.82) is 0 Å². The maximum Gasteiger partial charge on any atom is 0.252 e. The average molecular weight is 454 g/mol. The third-order valence-corrected chi connectivity index (χ3v) is 5.48. The first-order valence-corrected chi connectivity index (χ1v) is 10.3. The van der Waals surface area contributed by atoms with E-state index in [1.54, 1.807) is 45.5 Å². The molecule has 4 N–H and O–H groups in total. The second kappa shape index (κ2) is 9.08. The molecule has 1 aliphatic heterocycles. The summed E-state index contributed by atoms with van der Waals surface area (Å²) in [6, 6.07) is 5.24. The van der Waals surface area contributed by atoms with Gasteiger partial charge in [-0.2, -0.15) is 0 Å². The first-order chi connectivity index (χ1) is 15.8. The molecule has 172 valence electrons. The minimum Gasteiger partial charge on any atom is -0.379 e. The second-order valence-electron chi connectivity index (χ2n) is 7.90. The number of carbonyl (C=O) groups is 1. The first kappa shape index (κ1) is 22.6. The van der Waals surface area contributed by atoms with Crippen LogP contribution < -0.4 is 16.5 Å². The molecule has 2 aromatic heterocycles. The van der Waals surface area contributed by atoms with E-state index in [4.69, 9.17) is 10.5 Å². The molecule has 0 bridgehead atoms. The van der Waals surface area contributed by atoms with Crippen molar-refractivity contribution >= 4 is 22.5 Å². The third-order valence-electron chi connectivity index (χ3n) is 5.48. The maximum atomic E-state index is 15.0. The fourth-order valence-electron chi connectivity index (χ4n) is 3.84. The van der Waals surface area contributed by atoms with Crippen LogP contribution in [-0.2, 0) is 11.3 Å². The summed E-state index contributed by atoms with van der Waals surface area (Å²) in [5, 5.41) is 5.18. The maximum absolute atomic E-state index is 15.0. The normalized spacial score (nSPS) is 16.7. The van der Waals surface area contributed by atoms with Crippen LogP contribution in [0, 0.1) is 5.82 Å². The number of fused-ring (bicyclic) bond motifs is 1. The Labute approximate surface area is 189 Å². The minimum atomic E-state index is -0.705. The van der Waals surface area contributed by atoms with Crippen molar-refractivity contribution in [2.75, 3.05) is 19.5 Å². The fraction of sp³-hybridized carbons (Fsp3) is 0.261. The molecule has 10 heteroatoms. The molecule has 0 radical (unpaired) electrons. The molecular formula is C23H24F2N6O2. The van der Waals surface area contributed by atoms with E-state index in [0.717, 1.165) is 0 Å². The summed E-state index contributed by atoms with van der Waals surface area (Å²) >= 11 is 0. The standard InChI is InChI=1S/C23H24F2N6O2/c1-12(21-19(25)10-31(2)30-21)29-22-16-6-15(13-4-5-14(11-33-3)27-8-13)18(24)7-20(16)28-9-17(22)23(26)32/h4-10,12,21,30H,11H2,1-3H3,(H2,26,32)(H,28,29). The number of nitrogens with two attached hydrogens (primary N) is 1. The Morgan fingerprint density at radius 1 is 1.30 bits per heavy atom. The third kappa shape index (κ3) is 4.48. The Bertz CT molecular complexity index is 1230. The predicted molar refractivity (Wildman–Crippen MR) is 121 cm³/mol. The molecule has 1 amide bonds. The summed E-state index contributed by atoms with van der Waals surface area (Å²) in [5.74, 6) is -1.55. The van der Waals surface area contributed by atoms with Gasteiger partial charge in [0, 0.05) is 61.4 Å². The number of hydrazine groups is 1. The lowest BCUT2D eigenvalue weighted by Gasteiger charge is -2.25. The van der Waals surface area contributed by atoms with E-state index in [9.17, 15) is 13.6 Å². The van der Waals surface area contributed by atoms with Crippen molar-refractivity contribution in [3.63, 3.8) is 0 Å². The Morgan fingerprint density at radius 2 is 2.09 bits per heavy atom. The van der Waals surface area contributed by atoms with Crippen molar-refractivity contribution in [3.05, 3.63) is 65.8 Å². The van der Waals surface area contributed by atoms with Gasteiger partial charge in [0.05, 0.1) is 35.1 Å². The number of pyridine rings is 2. The summed E-state index contributed by atoms with van der Waals surface area (Å²) in [6.45, 7) is 2.11. The highest BCUT2D eigenvalue weighted by Crippen LogP contribution is 2.33.